The number of carboxylic acid groups (broad SMARTS) is 1. The fourth-order valence-corrected chi connectivity index (χ4v) is 3.51. The van der Waals surface area contributed by atoms with Gasteiger partial charge in [-0.2, -0.15) is 0 Å². The molecule has 2 rings (SSSR count). The Labute approximate surface area is 190 Å². The van der Waals surface area contributed by atoms with Gasteiger partial charge < -0.3 is 41.7 Å². The van der Waals surface area contributed by atoms with E-state index >= 15 is 0 Å². The van der Waals surface area contributed by atoms with Crippen molar-refractivity contribution in [1.29, 1.82) is 0 Å². The van der Waals surface area contributed by atoms with Crippen molar-refractivity contribution in [3.8, 4) is 5.75 Å². The number of carboxylic acids is 1. The van der Waals surface area contributed by atoms with Gasteiger partial charge >= 0.3 is 5.97 Å². The number of aromatic hydroxyl groups is 1. The third-order valence-electron chi connectivity index (χ3n) is 5.45. The molecule has 0 saturated carbocycles. The molecule has 8 N–H and O–H groups in total. The molecule has 0 spiro atoms. The summed E-state index contributed by atoms with van der Waals surface area (Å²) in [6, 6.07) is 0.910. The van der Waals surface area contributed by atoms with E-state index in [1.54, 1.807) is 12.1 Å². The highest BCUT2D eigenvalue weighted by molar-refractivity contribution is 5.94. The Morgan fingerprint density at radius 3 is 2.27 bits per heavy atom. The highest BCUT2D eigenvalue weighted by Gasteiger charge is 2.38. The van der Waals surface area contributed by atoms with Crippen LogP contribution in [0.2, 0.25) is 0 Å². The molecule has 1 fully saturated rings. The number of nitrogens with zero attached hydrogens (tertiary/aromatic N) is 1. The lowest BCUT2D eigenvalue weighted by Gasteiger charge is -2.29. The minimum Gasteiger partial charge on any atom is -0.508 e. The van der Waals surface area contributed by atoms with Crippen molar-refractivity contribution >= 4 is 23.7 Å². The zero-order valence-corrected chi connectivity index (χ0v) is 18.2. The molecule has 3 amide bonds. The summed E-state index contributed by atoms with van der Waals surface area (Å²) in [5, 5.41) is 42.6. The van der Waals surface area contributed by atoms with E-state index in [1.165, 1.54) is 24.0 Å². The minimum absolute atomic E-state index is 0.00801. The van der Waals surface area contributed by atoms with Crippen molar-refractivity contribution in [2.45, 2.75) is 56.5 Å². The van der Waals surface area contributed by atoms with Crippen LogP contribution in [-0.4, -0.2) is 92.4 Å². The monoisotopic (exact) mass is 466 g/mol. The van der Waals surface area contributed by atoms with Crippen molar-refractivity contribution < 1.29 is 39.6 Å². The van der Waals surface area contributed by atoms with E-state index in [9.17, 15) is 39.6 Å². The van der Waals surface area contributed by atoms with Crippen LogP contribution in [0.25, 0.3) is 0 Å². The molecular formula is C21H30N4O8. The van der Waals surface area contributed by atoms with Crippen LogP contribution >= 0.6 is 0 Å². The lowest BCUT2D eigenvalue weighted by Crippen LogP contribution is -2.59. The molecule has 5 unspecified atom stereocenters. The summed E-state index contributed by atoms with van der Waals surface area (Å²) in [4.78, 5) is 50.8. The van der Waals surface area contributed by atoms with E-state index in [2.05, 4.69) is 10.6 Å². The molecule has 33 heavy (non-hydrogen) atoms. The second-order valence-corrected chi connectivity index (χ2v) is 7.97. The van der Waals surface area contributed by atoms with Crippen LogP contribution < -0.4 is 16.4 Å². The Balaban J connectivity index is 2.22. The molecule has 1 aromatic carbocycles. The maximum absolute atomic E-state index is 13.2. The van der Waals surface area contributed by atoms with Gasteiger partial charge in [0.25, 0.3) is 0 Å². The number of hydrogen-bond acceptors (Lipinski definition) is 8. The number of aliphatic hydroxyl groups excluding tert-OH is 2. The van der Waals surface area contributed by atoms with Gasteiger partial charge in [0.2, 0.25) is 17.7 Å². The Bertz CT molecular complexity index is 860. The first kappa shape index (κ1) is 26.0. The molecule has 1 aliphatic rings. The van der Waals surface area contributed by atoms with Crippen LogP contribution in [-0.2, 0) is 25.6 Å². The number of rotatable bonds is 10. The standard InChI is InChI=1S/C21H30N4O8/c1-11(27)17(22)19(30)24-15(10-26)18(29)23-14(9-12-4-6-13(28)7-5-12)20(31)25-8-2-3-16(25)21(32)33/h4-7,11,14-17,26-28H,2-3,8-10,22H2,1H3,(H,23,29)(H,24,30)(H,32,33). The van der Waals surface area contributed by atoms with Gasteiger partial charge in [0.1, 0.15) is 29.9 Å². The second kappa shape index (κ2) is 11.6. The third kappa shape index (κ3) is 6.88. The van der Waals surface area contributed by atoms with E-state index in [4.69, 9.17) is 5.73 Å². The normalized spacial score (nSPS) is 19.3. The zero-order chi connectivity index (χ0) is 24.7. The van der Waals surface area contributed by atoms with Gasteiger partial charge in [0.05, 0.1) is 12.7 Å². The third-order valence-corrected chi connectivity index (χ3v) is 5.45. The van der Waals surface area contributed by atoms with Crippen molar-refractivity contribution in [2.75, 3.05) is 13.2 Å². The first-order valence-electron chi connectivity index (χ1n) is 10.5. The maximum Gasteiger partial charge on any atom is 0.326 e. The fourth-order valence-electron chi connectivity index (χ4n) is 3.51. The molecule has 182 valence electrons. The molecular weight excluding hydrogens is 436 g/mol. The summed E-state index contributed by atoms with van der Waals surface area (Å²) in [6.07, 6.45) is -0.436. The predicted molar refractivity (Wildman–Crippen MR) is 115 cm³/mol. The SMILES string of the molecule is CC(O)C(N)C(=O)NC(CO)C(=O)NC(Cc1ccc(O)cc1)C(=O)N1CCCC1C(=O)O. The Morgan fingerprint density at radius 2 is 1.73 bits per heavy atom. The van der Waals surface area contributed by atoms with Gasteiger partial charge in [-0.3, -0.25) is 14.4 Å². The summed E-state index contributed by atoms with van der Waals surface area (Å²) in [7, 11) is 0. The summed E-state index contributed by atoms with van der Waals surface area (Å²) >= 11 is 0. The van der Waals surface area contributed by atoms with E-state index in [0.717, 1.165) is 0 Å². The largest absolute Gasteiger partial charge is 0.508 e. The number of phenols is 1. The number of likely N-dealkylation sites (tertiary alicyclic amines) is 1. The topological polar surface area (TPSA) is 203 Å². The van der Waals surface area contributed by atoms with Crippen molar-refractivity contribution in [3.63, 3.8) is 0 Å². The summed E-state index contributed by atoms with van der Waals surface area (Å²) < 4.78 is 0. The van der Waals surface area contributed by atoms with E-state index in [0.29, 0.717) is 12.0 Å². The number of aliphatic carboxylic acids is 1. The number of phenolic OH excluding ortho intramolecular Hbond substituents is 1. The zero-order valence-electron chi connectivity index (χ0n) is 18.2. The molecule has 0 aromatic heterocycles. The highest BCUT2D eigenvalue weighted by atomic mass is 16.4. The van der Waals surface area contributed by atoms with Crippen molar-refractivity contribution in [3.05, 3.63) is 29.8 Å². The molecule has 1 heterocycles. The number of hydrogen-bond donors (Lipinski definition) is 7. The van der Waals surface area contributed by atoms with Gasteiger partial charge in [-0.25, -0.2) is 4.79 Å². The lowest BCUT2D eigenvalue weighted by atomic mass is 10.0. The van der Waals surface area contributed by atoms with Gasteiger partial charge in [0.15, 0.2) is 0 Å². The van der Waals surface area contributed by atoms with Crippen LogP contribution in [0.3, 0.4) is 0 Å². The van der Waals surface area contributed by atoms with Crippen molar-refractivity contribution in [2.24, 2.45) is 5.73 Å². The Hall–Kier alpha value is -3.22. The van der Waals surface area contributed by atoms with E-state index < -0.39 is 60.6 Å². The number of amides is 3. The fraction of sp³-hybridized carbons (Fsp3) is 0.524. The van der Waals surface area contributed by atoms with E-state index in [1.807, 2.05) is 0 Å². The van der Waals surface area contributed by atoms with Gasteiger partial charge in [-0.15, -0.1) is 0 Å². The van der Waals surface area contributed by atoms with Gasteiger partial charge in [-0.1, -0.05) is 12.1 Å². The Morgan fingerprint density at radius 1 is 1.12 bits per heavy atom. The minimum atomic E-state index is -1.45. The molecule has 5 atom stereocenters. The van der Waals surface area contributed by atoms with Crippen LogP contribution in [0.15, 0.2) is 24.3 Å². The molecule has 0 aliphatic carbocycles. The average molecular weight is 466 g/mol. The Kier molecular flexibility index (Phi) is 9.14. The van der Waals surface area contributed by atoms with Crippen LogP contribution in [0.1, 0.15) is 25.3 Å². The quantitative estimate of drug-likeness (QED) is 0.197. The summed E-state index contributed by atoms with van der Waals surface area (Å²) in [6.45, 7) is 0.701. The summed E-state index contributed by atoms with van der Waals surface area (Å²) in [5.41, 5.74) is 6.12. The number of benzene rings is 1. The molecule has 1 aliphatic heterocycles. The van der Waals surface area contributed by atoms with Crippen molar-refractivity contribution in [1.82, 2.24) is 15.5 Å². The molecule has 1 aromatic rings. The van der Waals surface area contributed by atoms with Gasteiger partial charge in [0, 0.05) is 13.0 Å². The number of carbonyl (C=O) groups is 4. The number of nitrogens with two attached hydrogens (primary N) is 1. The first-order chi connectivity index (χ1) is 15.5. The maximum atomic E-state index is 13.2. The number of aliphatic hydroxyl groups is 2. The molecule has 0 bridgehead atoms. The summed E-state index contributed by atoms with van der Waals surface area (Å²) in [5.74, 6) is -3.51. The average Bonchev–Trinajstić information content (AvgIpc) is 3.27. The van der Waals surface area contributed by atoms with Gasteiger partial charge in [-0.05, 0) is 37.5 Å². The second-order valence-electron chi connectivity index (χ2n) is 7.97. The van der Waals surface area contributed by atoms with Crippen LogP contribution in [0.4, 0.5) is 0 Å². The molecule has 12 heteroatoms. The lowest BCUT2D eigenvalue weighted by molar-refractivity contribution is -0.149. The number of nitrogens with one attached hydrogen (secondary N) is 2. The van der Waals surface area contributed by atoms with Crippen LogP contribution in [0, 0.1) is 0 Å². The first-order valence-corrected chi connectivity index (χ1v) is 10.5. The molecule has 0 radical (unpaired) electrons. The predicted octanol–water partition coefficient (Wildman–Crippen LogP) is -2.32. The van der Waals surface area contributed by atoms with Crippen LogP contribution in [0.5, 0.6) is 5.75 Å². The highest BCUT2D eigenvalue weighted by Crippen LogP contribution is 2.20. The molecule has 12 nitrogen and oxygen atoms in total. The van der Waals surface area contributed by atoms with E-state index in [-0.39, 0.29) is 25.1 Å². The smallest absolute Gasteiger partial charge is 0.326 e. The number of carbonyl (C=O) groups excluding carboxylic acids is 3. The molecule has 1 saturated heterocycles.